The number of nitriles is 1. The van der Waals surface area contributed by atoms with Crippen molar-refractivity contribution in [3.8, 4) is 6.07 Å². The van der Waals surface area contributed by atoms with E-state index in [0.29, 0.717) is 23.7 Å². The van der Waals surface area contributed by atoms with Crippen molar-refractivity contribution in [2.24, 2.45) is 7.05 Å². The van der Waals surface area contributed by atoms with E-state index in [1.807, 2.05) is 35.0 Å². The van der Waals surface area contributed by atoms with E-state index in [1.54, 1.807) is 23.0 Å². The molecule has 0 saturated heterocycles. The van der Waals surface area contributed by atoms with E-state index in [9.17, 15) is 9.59 Å². The normalized spacial score (nSPS) is 13.4. The molecule has 0 fully saturated rings. The lowest BCUT2D eigenvalue weighted by atomic mass is 9.97. The van der Waals surface area contributed by atoms with Gasteiger partial charge < -0.3 is 4.57 Å². The molecule has 162 valence electrons. The summed E-state index contributed by atoms with van der Waals surface area (Å²) < 4.78 is 3.55. The standard InChI is InChI=1S/C24H22N4O2S2/c1-27-23(30)21-16-8-3-5-10-20(16)32-22(21)26-24(27)31-14-19(29)17-13-28(12-6-11-25)18-9-4-2-7-15(17)18/h2,4,7,9,13H,3,5-6,8,10,12,14H2,1H3. The highest BCUT2D eigenvalue weighted by Crippen LogP contribution is 2.34. The molecule has 4 aromatic rings. The Morgan fingerprint density at radius 2 is 2.09 bits per heavy atom. The van der Waals surface area contributed by atoms with E-state index in [2.05, 4.69) is 6.07 Å². The van der Waals surface area contributed by atoms with Gasteiger partial charge in [-0.2, -0.15) is 5.26 Å². The third-order valence-corrected chi connectivity index (χ3v) is 8.26. The zero-order valence-corrected chi connectivity index (χ0v) is 19.4. The number of para-hydroxylation sites is 1. The van der Waals surface area contributed by atoms with Gasteiger partial charge in [-0.25, -0.2) is 4.98 Å². The molecule has 0 radical (unpaired) electrons. The van der Waals surface area contributed by atoms with Gasteiger partial charge in [0, 0.05) is 41.1 Å². The van der Waals surface area contributed by atoms with Crippen molar-refractivity contribution < 1.29 is 4.79 Å². The predicted octanol–water partition coefficient (Wildman–Crippen LogP) is 4.72. The summed E-state index contributed by atoms with van der Waals surface area (Å²) in [5, 5.41) is 11.2. The van der Waals surface area contributed by atoms with Gasteiger partial charge in [-0.15, -0.1) is 11.3 Å². The van der Waals surface area contributed by atoms with Crippen molar-refractivity contribution in [2.45, 2.75) is 43.8 Å². The topological polar surface area (TPSA) is 80.7 Å². The average molecular weight is 463 g/mol. The summed E-state index contributed by atoms with van der Waals surface area (Å²) in [5.41, 5.74) is 2.76. The molecule has 0 atom stereocenters. The van der Waals surface area contributed by atoms with Crippen LogP contribution in [0.1, 0.15) is 40.1 Å². The van der Waals surface area contributed by atoms with Crippen molar-refractivity contribution in [2.75, 3.05) is 5.75 Å². The number of nitrogens with zero attached hydrogens (tertiary/aromatic N) is 4. The Balaban J connectivity index is 1.44. The zero-order chi connectivity index (χ0) is 22.2. The summed E-state index contributed by atoms with van der Waals surface area (Å²) in [6.45, 7) is 0.549. The zero-order valence-electron chi connectivity index (χ0n) is 17.8. The second-order valence-electron chi connectivity index (χ2n) is 8.02. The van der Waals surface area contributed by atoms with E-state index in [1.165, 1.54) is 22.2 Å². The van der Waals surface area contributed by atoms with Crippen LogP contribution < -0.4 is 5.56 Å². The molecular weight excluding hydrogens is 440 g/mol. The molecule has 5 rings (SSSR count). The summed E-state index contributed by atoms with van der Waals surface area (Å²) >= 11 is 2.94. The first-order chi connectivity index (χ1) is 15.6. The number of carbonyl (C=O) groups is 1. The highest BCUT2D eigenvalue weighted by Gasteiger charge is 2.22. The Labute approximate surface area is 193 Å². The average Bonchev–Trinajstić information content (AvgIpc) is 3.37. The molecule has 0 unspecified atom stereocenters. The Bertz CT molecular complexity index is 1450. The number of thioether (sulfide) groups is 1. The first kappa shape index (κ1) is 21.0. The van der Waals surface area contributed by atoms with Crippen molar-refractivity contribution >= 4 is 50.0 Å². The number of hydrogen-bond donors (Lipinski definition) is 0. The largest absolute Gasteiger partial charge is 0.346 e. The molecule has 6 nitrogen and oxygen atoms in total. The van der Waals surface area contributed by atoms with E-state index in [4.69, 9.17) is 10.2 Å². The third-order valence-electron chi connectivity index (χ3n) is 6.04. The van der Waals surface area contributed by atoms with Crippen LogP contribution >= 0.6 is 23.1 Å². The van der Waals surface area contributed by atoms with Crippen LogP contribution in [0.25, 0.3) is 21.1 Å². The van der Waals surface area contributed by atoms with Gasteiger partial charge in [-0.1, -0.05) is 30.0 Å². The van der Waals surface area contributed by atoms with Gasteiger partial charge in [0.15, 0.2) is 10.9 Å². The maximum Gasteiger partial charge on any atom is 0.262 e. The number of benzene rings is 1. The molecule has 3 aromatic heterocycles. The van der Waals surface area contributed by atoms with Crippen LogP contribution in [-0.4, -0.2) is 25.7 Å². The van der Waals surface area contributed by atoms with Crippen molar-refractivity contribution in [1.29, 1.82) is 5.26 Å². The van der Waals surface area contributed by atoms with Gasteiger partial charge in [-0.3, -0.25) is 14.2 Å². The van der Waals surface area contributed by atoms with Gasteiger partial charge in [-0.05, 0) is 37.3 Å². The van der Waals surface area contributed by atoms with Crippen LogP contribution in [-0.2, 0) is 26.4 Å². The lowest BCUT2D eigenvalue weighted by Crippen LogP contribution is -2.21. The number of Topliss-reactive ketones (excluding diaryl/α,β-unsaturated/α-hetero) is 1. The van der Waals surface area contributed by atoms with Crippen molar-refractivity contribution in [3.63, 3.8) is 0 Å². The maximum absolute atomic E-state index is 13.1. The smallest absolute Gasteiger partial charge is 0.262 e. The van der Waals surface area contributed by atoms with Gasteiger partial charge in [0.1, 0.15) is 4.83 Å². The minimum Gasteiger partial charge on any atom is -0.346 e. The number of hydrogen-bond acceptors (Lipinski definition) is 6. The molecule has 3 heterocycles. The third kappa shape index (κ3) is 3.55. The second-order valence-corrected chi connectivity index (χ2v) is 10.0. The molecule has 32 heavy (non-hydrogen) atoms. The first-order valence-electron chi connectivity index (χ1n) is 10.7. The summed E-state index contributed by atoms with van der Waals surface area (Å²) in [4.78, 5) is 33.1. The fourth-order valence-electron chi connectivity index (χ4n) is 4.43. The molecule has 0 bridgehead atoms. The Hall–Kier alpha value is -2.89. The number of fused-ring (bicyclic) bond motifs is 4. The fourth-order valence-corrected chi connectivity index (χ4v) is 6.59. The van der Waals surface area contributed by atoms with Gasteiger partial charge in [0.25, 0.3) is 5.56 Å². The van der Waals surface area contributed by atoms with Crippen LogP contribution in [0.2, 0.25) is 0 Å². The SMILES string of the molecule is Cn1c(SCC(=O)c2cn(CCC#N)c3ccccc23)nc2sc3c(c2c1=O)CCCC3. The number of carbonyl (C=O) groups excluding carboxylic acids is 1. The van der Waals surface area contributed by atoms with Crippen molar-refractivity contribution in [3.05, 3.63) is 56.8 Å². The van der Waals surface area contributed by atoms with E-state index >= 15 is 0 Å². The molecule has 1 aliphatic carbocycles. The summed E-state index contributed by atoms with van der Waals surface area (Å²) in [6, 6.07) is 9.91. The molecule has 0 saturated carbocycles. The summed E-state index contributed by atoms with van der Waals surface area (Å²) in [6.07, 6.45) is 6.49. The van der Waals surface area contributed by atoms with Crippen LogP contribution in [0.15, 0.2) is 40.4 Å². The molecule has 0 spiro atoms. The molecule has 0 aliphatic heterocycles. The molecule has 0 N–H and O–H groups in total. The van der Waals surface area contributed by atoms with Crippen LogP contribution in [0.3, 0.4) is 0 Å². The molecule has 0 amide bonds. The van der Waals surface area contributed by atoms with E-state index in [-0.39, 0.29) is 17.1 Å². The van der Waals surface area contributed by atoms with Crippen LogP contribution in [0.5, 0.6) is 0 Å². The van der Waals surface area contributed by atoms with Crippen LogP contribution in [0, 0.1) is 11.3 Å². The Morgan fingerprint density at radius 1 is 1.28 bits per heavy atom. The quantitative estimate of drug-likeness (QED) is 0.235. The molecule has 8 heteroatoms. The van der Waals surface area contributed by atoms with Crippen LogP contribution in [0.4, 0.5) is 0 Å². The fraction of sp³-hybridized carbons (Fsp3) is 0.333. The van der Waals surface area contributed by atoms with E-state index in [0.717, 1.165) is 46.8 Å². The number of aryl methyl sites for hydroxylation is 3. The van der Waals surface area contributed by atoms with Gasteiger partial charge >= 0.3 is 0 Å². The minimum atomic E-state index is -0.0162. The highest BCUT2D eigenvalue weighted by molar-refractivity contribution is 7.99. The first-order valence-corrected chi connectivity index (χ1v) is 12.5. The number of thiophene rings is 1. The predicted molar refractivity (Wildman–Crippen MR) is 129 cm³/mol. The Kier molecular flexibility index (Phi) is 5.62. The lowest BCUT2D eigenvalue weighted by Gasteiger charge is -2.10. The second kappa shape index (κ2) is 8.57. The Morgan fingerprint density at radius 3 is 2.94 bits per heavy atom. The monoisotopic (exact) mass is 462 g/mol. The number of ketones is 1. The summed E-state index contributed by atoms with van der Waals surface area (Å²) in [5.74, 6) is 0.185. The number of aromatic nitrogens is 3. The molecule has 1 aliphatic rings. The van der Waals surface area contributed by atoms with E-state index < -0.39 is 0 Å². The lowest BCUT2D eigenvalue weighted by molar-refractivity contribution is 0.102. The summed E-state index contributed by atoms with van der Waals surface area (Å²) in [7, 11) is 1.74. The molecular formula is C24H22N4O2S2. The maximum atomic E-state index is 13.1. The van der Waals surface area contributed by atoms with Gasteiger partial charge in [0.2, 0.25) is 0 Å². The molecule has 1 aromatic carbocycles. The minimum absolute atomic E-state index is 0.0123. The van der Waals surface area contributed by atoms with Gasteiger partial charge in [0.05, 0.1) is 23.6 Å². The highest BCUT2D eigenvalue weighted by atomic mass is 32.2. The van der Waals surface area contributed by atoms with Crippen molar-refractivity contribution in [1.82, 2.24) is 14.1 Å². The number of rotatable bonds is 6.